The molecule has 0 aliphatic carbocycles. The summed E-state index contributed by atoms with van der Waals surface area (Å²) in [6.07, 6.45) is 2.48. The lowest BCUT2D eigenvalue weighted by Gasteiger charge is -2.16. The smallest absolute Gasteiger partial charge is 0.113 e. The fourth-order valence-electron chi connectivity index (χ4n) is 3.81. The Labute approximate surface area is 206 Å². The van der Waals surface area contributed by atoms with Gasteiger partial charge in [-0.05, 0) is 78.6 Å². The molecule has 0 aliphatic heterocycles. The Hall–Kier alpha value is -3.58. The topological polar surface area (TPSA) is 92.5 Å². The number of aliphatic hydroxyl groups excluding tert-OH is 1. The summed E-state index contributed by atoms with van der Waals surface area (Å²) >= 11 is 0. The van der Waals surface area contributed by atoms with Crippen LogP contribution in [0, 0.1) is 11.8 Å². The average Bonchev–Trinajstić information content (AvgIpc) is 3.50. The predicted octanol–water partition coefficient (Wildman–Crippen LogP) is 5.53. The molecular weight excluding hydrogens is 436 g/mol. The molecule has 0 bridgehead atoms. The van der Waals surface area contributed by atoms with Crippen LogP contribution in [0.1, 0.15) is 45.2 Å². The van der Waals surface area contributed by atoms with E-state index in [0.29, 0.717) is 12.3 Å². The van der Waals surface area contributed by atoms with Crippen molar-refractivity contribution in [3.05, 3.63) is 77.9 Å². The number of hydrogen-bond acceptors (Lipinski definition) is 5. The molecule has 0 amide bonds. The zero-order chi connectivity index (χ0) is 24.8. The molecule has 2 aromatic heterocycles. The van der Waals surface area contributed by atoms with E-state index in [1.807, 2.05) is 48.5 Å². The molecule has 0 spiro atoms. The van der Waals surface area contributed by atoms with E-state index in [2.05, 4.69) is 71.5 Å². The van der Waals surface area contributed by atoms with Crippen LogP contribution >= 0.6 is 0 Å². The van der Waals surface area contributed by atoms with Gasteiger partial charge in [0.25, 0.3) is 0 Å². The van der Waals surface area contributed by atoms with Crippen molar-refractivity contribution < 1.29 is 5.11 Å². The van der Waals surface area contributed by atoms with Gasteiger partial charge >= 0.3 is 0 Å². The monoisotopic (exact) mass is 470 g/mol. The third-order valence-electron chi connectivity index (χ3n) is 6.00. The maximum atomic E-state index is 10.3. The second-order valence-corrected chi connectivity index (χ2v) is 9.75. The van der Waals surface area contributed by atoms with Gasteiger partial charge in [-0.1, -0.05) is 58.0 Å². The lowest BCUT2D eigenvalue weighted by atomic mass is 9.95. The minimum atomic E-state index is -0.340. The molecule has 0 saturated carbocycles. The fraction of sp³-hybridized carbons (Fsp3) is 0.357. The molecular formula is C28H34N6O. The van der Waals surface area contributed by atoms with E-state index in [1.54, 1.807) is 4.80 Å². The minimum absolute atomic E-state index is 0.239. The molecule has 3 aromatic carbocycles. The average molecular weight is 471 g/mol. The highest BCUT2D eigenvalue weighted by Crippen LogP contribution is 2.20. The number of aryl methyl sites for hydroxylation is 1. The Morgan fingerprint density at radius 1 is 0.771 bits per heavy atom. The first-order chi connectivity index (χ1) is 16.9. The second kappa shape index (κ2) is 11.2. The lowest BCUT2D eigenvalue weighted by molar-refractivity contribution is 0.125. The highest BCUT2D eigenvalue weighted by molar-refractivity contribution is 5.73. The molecule has 0 fully saturated rings. The van der Waals surface area contributed by atoms with Gasteiger partial charge in [0, 0.05) is 0 Å². The summed E-state index contributed by atoms with van der Waals surface area (Å²) in [6, 6.07) is 22.1. The van der Waals surface area contributed by atoms with Crippen LogP contribution in [0.4, 0.5) is 0 Å². The summed E-state index contributed by atoms with van der Waals surface area (Å²) in [6.45, 7) is 8.59. The number of aromatic nitrogens is 6. The Bertz CT molecular complexity index is 1310. The molecule has 0 aliphatic rings. The maximum absolute atomic E-state index is 10.3. The Morgan fingerprint density at radius 3 is 1.86 bits per heavy atom. The van der Waals surface area contributed by atoms with Crippen LogP contribution < -0.4 is 0 Å². The predicted molar refractivity (Wildman–Crippen MR) is 140 cm³/mol. The van der Waals surface area contributed by atoms with E-state index in [9.17, 15) is 5.11 Å². The molecule has 35 heavy (non-hydrogen) atoms. The van der Waals surface area contributed by atoms with Crippen LogP contribution in [0.25, 0.3) is 27.8 Å². The Kier molecular flexibility index (Phi) is 7.87. The van der Waals surface area contributed by atoms with Gasteiger partial charge in [0.05, 0.1) is 11.8 Å². The third kappa shape index (κ3) is 6.51. The van der Waals surface area contributed by atoms with Crippen LogP contribution in [0.2, 0.25) is 0 Å². The second-order valence-electron chi connectivity index (χ2n) is 9.75. The number of H-pyrrole nitrogens is 1. The Balaban J connectivity index is 0.000000266. The number of nitrogens with zero attached hydrogens (tertiary/aromatic N) is 5. The van der Waals surface area contributed by atoms with Gasteiger partial charge in [0.15, 0.2) is 0 Å². The van der Waals surface area contributed by atoms with Gasteiger partial charge in [0.1, 0.15) is 22.1 Å². The van der Waals surface area contributed by atoms with Crippen molar-refractivity contribution in [2.75, 3.05) is 0 Å². The van der Waals surface area contributed by atoms with Crippen molar-refractivity contribution in [3.8, 4) is 5.69 Å². The van der Waals surface area contributed by atoms with Gasteiger partial charge in [-0.2, -0.15) is 20.2 Å². The number of rotatable bonds is 7. The van der Waals surface area contributed by atoms with Crippen LogP contribution in [0.15, 0.2) is 66.7 Å². The zero-order valence-electron chi connectivity index (χ0n) is 20.9. The van der Waals surface area contributed by atoms with E-state index in [0.717, 1.165) is 46.2 Å². The van der Waals surface area contributed by atoms with Crippen molar-refractivity contribution in [1.82, 2.24) is 30.4 Å². The molecule has 0 saturated heterocycles. The summed E-state index contributed by atoms with van der Waals surface area (Å²) in [7, 11) is 0. The lowest BCUT2D eigenvalue weighted by Crippen LogP contribution is -2.18. The maximum Gasteiger partial charge on any atom is 0.113 e. The largest absolute Gasteiger partial charge is 0.393 e. The molecule has 182 valence electrons. The highest BCUT2D eigenvalue weighted by atomic mass is 16.3. The van der Waals surface area contributed by atoms with Gasteiger partial charge in [0.2, 0.25) is 0 Å². The molecule has 1 unspecified atom stereocenters. The van der Waals surface area contributed by atoms with Crippen molar-refractivity contribution in [3.63, 3.8) is 0 Å². The quantitative estimate of drug-likeness (QED) is 0.326. The van der Waals surface area contributed by atoms with Crippen molar-refractivity contribution in [1.29, 1.82) is 0 Å². The number of fused-ring (bicyclic) bond motifs is 2. The number of aromatic amines is 1. The summed E-state index contributed by atoms with van der Waals surface area (Å²) in [5.74, 6) is 0.900. The third-order valence-corrected chi connectivity index (χ3v) is 6.00. The van der Waals surface area contributed by atoms with Crippen molar-refractivity contribution >= 4 is 22.1 Å². The fourth-order valence-corrected chi connectivity index (χ4v) is 3.81. The van der Waals surface area contributed by atoms with E-state index in [4.69, 9.17) is 0 Å². The van der Waals surface area contributed by atoms with Crippen LogP contribution in [-0.4, -0.2) is 41.6 Å². The minimum Gasteiger partial charge on any atom is -0.393 e. The molecule has 2 heterocycles. The van der Waals surface area contributed by atoms with Crippen LogP contribution in [0.5, 0.6) is 0 Å². The molecule has 0 radical (unpaired) electrons. The SMILES string of the molecule is CC(C)CCc1cc(CC(O)C(C)C)cc(-n2nc3ccccc3n2)c1.c1ccc2n[nH]nc2c1. The summed E-state index contributed by atoms with van der Waals surface area (Å²) in [5.41, 5.74) is 7.00. The molecule has 5 aromatic rings. The van der Waals surface area contributed by atoms with Gasteiger partial charge in [-0.15, -0.1) is 10.2 Å². The molecule has 7 heteroatoms. The first-order valence-electron chi connectivity index (χ1n) is 12.3. The first kappa shape index (κ1) is 24.5. The van der Waals surface area contributed by atoms with Crippen molar-refractivity contribution in [2.45, 2.75) is 53.1 Å². The van der Waals surface area contributed by atoms with E-state index in [1.165, 1.54) is 5.56 Å². The summed E-state index contributed by atoms with van der Waals surface area (Å²) < 4.78 is 0. The van der Waals surface area contributed by atoms with Gasteiger partial charge in [-0.3, -0.25) is 0 Å². The van der Waals surface area contributed by atoms with Crippen molar-refractivity contribution in [2.24, 2.45) is 11.8 Å². The Morgan fingerprint density at radius 2 is 1.31 bits per heavy atom. The summed E-state index contributed by atoms with van der Waals surface area (Å²) in [4.78, 5) is 1.72. The molecule has 2 N–H and O–H groups in total. The van der Waals surface area contributed by atoms with E-state index in [-0.39, 0.29) is 12.0 Å². The van der Waals surface area contributed by atoms with Gasteiger partial charge in [-0.25, -0.2) is 0 Å². The number of nitrogens with one attached hydrogen (secondary N) is 1. The summed E-state index contributed by atoms with van der Waals surface area (Å²) in [5, 5.41) is 29.9. The molecule has 1 atom stereocenters. The van der Waals surface area contributed by atoms with E-state index >= 15 is 0 Å². The van der Waals surface area contributed by atoms with Gasteiger partial charge < -0.3 is 5.11 Å². The number of aliphatic hydroxyl groups is 1. The van der Waals surface area contributed by atoms with Crippen LogP contribution in [0.3, 0.4) is 0 Å². The van der Waals surface area contributed by atoms with E-state index < -0.39 is 0 Å². The standard InChI is InChI=1S/C22H29N3O.C6H5N3/c1-15(2)9-10-17-11-18(14-22(26)16(3)4)13-19(12-17)25-23-20-7-5-6-8-21(20)24-25;1-2-4-6-5(3-1)7-9-8-6/h5-8,11-13,15-16,22,26H,9-10,14H2,1-4H3;1-4H,(H,7,8,9). The molecule has 5 rings (SSSR count). The number of para-hydroxylation sites is 2. The molecule has 7 nitrogen and oxygen atoms in total. The first-order valence-corrected chi connectivity index (χ1v) is 12.3. The highest BCUT2D eigenvalue weighted by Gasteiger charge is 2.13. The van der Waals surface area contributed by atoms with Crippen LogP contribution in [-0.2, 0) is 12.8 Å². The zero-order valence-corrected chi connectivity index (χ0v) is 20.9. The number of hydrogen-bond donors (Lipinski definition) is 2. The normalized spacial score (nSPS) is 12.3. The number of benzene rings is 3.